The van der Waals surface area contributed by atoms with E-state index in [1.807, 2.05) is 36.4 Å². The highest BCUT2D eigenvalue weighted by Gasteiger charge is 2.27. The molecule has 2 aromatic heterocycles. The minimum absolute atomic E-state index is 0.0231. The average Bonchev–Trinajstić information content (AvgIpc) is 3.27. The van der Waals surface area contributed by atoms with E-state index in [9.17, 15) is 4.79 Å². The molecule has 0 spiro atoms. The number of nitrogens with one attached hydrogen (secondary N) is 3. The number of rotatable bonds is 7. The minimum atomic E-state index is -0.0231. The van der Waals surface area contributed by atoms with Crippen LogP contribution in [-0.4, -0.2) is 32.6 Å². The summed E-state index contributed by atoms with van der Waals surface area (Å²) in [5.41, 5.74) is 2.67. The van der Waals surface area contributed by atoms with Crippen molar-refractivity contribution in [1.29, 1.82) is 0 Å². The van der Waals surface area contributed by atoms with E-state index < -0.39 is 0 Å². The van der Waals surface area contributed by atoms with Crippen LogP contribution >= 0.6 is 0 Å². The minimum Gasteiger partial charge on any atom is -0.378 e. The predicted molar refractivity (Wildman–Crippen MR) is 117 cm³/mol. The highest BCUT2D eigenvalue weighted by atomic mass is 16.1. The van der Waals surface area contributed by atoms with Gasteiger partial charge < -0.3 is 10.6 Å². The summed E-state index contributed by atoms with van der Waals surface area (Å²) < 4.78 is 0. The van der Waals surface area contributed by atoms with Crippen LogP contribution in [0.15, 0.2) is 48.8 Å². The normalized spacial score (nSPS) is 15.5. The van der Waals surface area contributed by atoms with Crippen LogP contribution in [0.1, 0.15) is 55.2 Å². The molecule has 7 heteroatoms. The molecule has 0 radical (unpaired) electrons. The molecule has 0 atom stereocenters. The fourth-order valence-electron chi connectivity index (χ4n) is 3.94. The van der Waals surface area contributed by atoms with E-state index in [4.69, 9.17) is 0 Å². The molecular weight excluding hydrogens is 376 g/mol. The van der Waals surface area contributed by atoms with Crippen molar-refractivity contribution in [3.8, 4) is 11.4 Å². The third-order valence-corrected chi connectivity index (χ3v) is 5.79. The largest absolute Gasteiger partial charge is 0.378 e. The van der Waals surface area contributed by atoms with Crippen molar-refractivity contribution in [2.45, 2.75) is 45.6 Å². The van der Waals surface area contributed by atoms with Crippen molar-refractivity contribution in [2.75, 3.05) is 11.9 Å². The molecule has 1 aliphatic rings. The first-order valence-corrected chi connectivity index (χ1v) is 10.6. The Morgan fingerprint density at radius 1 is 1.13 bits per heavy atom. The van der Waals surface area contributed by atoms with Crippen LogP contribution in [0.3, 0.4) is 0 Å². The van der Waals surface area contributed by atoms with Gasteiger partial charge in [-0.25, -0.2) is 4.98 Å². The van der Waals surface area contributed by atoms with Gasteiger partial charge >= 0.3 is 0 Å². The molecule has 0 saturated heterocycles. The van der Waals surface area contributed by atoms with Crippen LogP contribution in [0.5, 0.6) is 0 Å². The zero-order chi connectivity index (χ0) is 20.8. The Morgan fingerprint density at radius 3 is 2.73 bits per heavy atom. The first-order chi connectivity index (χ1) is 14.6. The number of benzene rings is 1. The van der Waals surface area contributed by atoms with Crippen molar-refractivity contribution in [3.05, 3.63) is 60.2 Å². The Hall–Kier alpha value is -3.22. The maximum Gasteiger partial charge on any atom is 0.251 e. The van der Waals surface area contributed by atoms with Gasteiger partial charge in [0.25, 0.3) is 5.91 Å². The van der Waals surface area contributed by atoms with Crippen molar-refractivity contribution >= 4 is 11.6 Å². The van der Waals surface area contributed by atoms with Crippen LogP contribution in [0.2, 0.25) is 0 Å². The zero-order valence-electron chi connectivity index (χ0n) is 17.3. The van der Waals surface area contributed by atoms with E-state index in [1.54, 1.807) is 12.4 Å². The van der Waals surface area contributed by atoms with Crippen molar-refractivity contribution in [2.24, 2.45) is 5.41 Å². The number of aromatic amines is 1. The van der Waals surface area contributed by atoms with Crippen LogP contribution in [0.25, 0.3) is 11.4 Å². The molecule has 4 rings (SSSR count). The van der Waals surface area contributed by atoms with Gasteiger partial charge in [-0.05, 0) is 48.6 Å². The fourth-order valence-corrected chi connectivity index (χ4v) is 3.94. The monoisotopic (exact) mass is 404 g/mol. The number of pyridine rings is 1. The number of hydrogen-bond donors (Lipinski definition) is 3. The SMILES string of the molecule is CC1(CNC(=O)c2cccc(NCc3nc(-c4ccncc4)n[nH]3)c2)CCCCC1. The summed E-state index contributed by atoms with van der Waals surface area (Å²) in [6.07, 6.45) is 9.64. The molecule has 7 nitrogen and oxygen atoms in total. The van der Waals surface area contributed by atoms with Crippen LogP contribution in [-0.2, 0) is 6.54 Å². The lowest BCUT2D eigenvalue weighted by Crippen LogP contribution is -2.37. The summed E-state index contributed by atoms with van der Waals surface area (Å²) in [6, 6.07) is 11.3. The van der Waals surface area contributed by atoms with Crippen molar-refractivity contribution < 1.29 is 4.79 Å². The number of H-pyrrole nitrogens is 1. The van der Waals surface area contributed by atoms with Gasteiger partial charge in [-0.1, -0.05) is 32.3 Å². The Bertz CT molecular complexity index is 978. The first kappa shape index (κ1) is 20.1. The standard InChI is InChI=1S/C23H28N6O/c1-23(10-3-2-4-11-23)16-26-22(30)18-6-5-7-19(14-18)25-15-20-27-21(29-28-20)17-8-12-24-13-9-17/h5-9,12-14,25H,2-4,10-11,15-16H2,1H3,(H,26,30)(H,27,28,29). The molecule has 1 aromatic carbocycles. The highest BCUT2D eigenvalue weighted by molar-refractivity contribution is 5.95. The number of hydrogen-bond acceptors (Lipinski definition) is 5. The summed E-state index contributed by atoms with van der Waals surface area (Å²) in [5, 5.41) is 13.6. The molecule has 30 heavy (non-hydrogen) atoms. The Kier molecular flexibility index (Phi) is 6.07. The summed E-state index contributed by atoms with van der Waals surface area (Å²) in [6.45, 7) is 3.50. The summed E-state index contributed by atoms with van der Waals surface area (Å²) in [4.78, 5) is 21.2. The summed E-state index contributed by atoms with van der Waals surface area (Å²) in [7, 11) is 0. The van der Waals surface area contributed by atoms with Gasteiger partial charge in [-0.3, -0.25) is 14.9 Å². The smallest absolute Gasteiger partial charge is 0.251 e. The van der Waals surface area contributed by atoms with Crippen molar-refractivity contribution in [1.82, 2.24) is 25.5 Å². The highest BCUT2D eigenvalue weighted by Crippen LogP contribution is 2.35. The molecule has 2 heterocycles. The Balaban J connectivity index is 1.33. The van der Waals surface area contributed by atoms with E-state index in [0.29, 0.717) is 17.9 Å². The Labute approximate surface area is 176 Å². The fraction of sp³-hybridized carbons (Fsp3) is 0.391. The van der Waals surface area contributed by atoms with Gasteiger partial charge in [0, 0.05) is 35.8 Å². The van der Waals surface area contributed by atoms with Crippen LogP contribution in [0.4, 0.5) is 5.69 Å². The van der Waals surface area contributed by atoms with E-state index in [1.165, 1.54) is 32.1 Å². The third-order valence-electron chi connectivity index (χ3n) is 5.79. The van der Waals surface area contributed by atoms with E-state index in [-0.39, 0.29) is 11.3 Å². The lowest BCUT2D eigenvalue weighted by molar-refractivity contribution is 0.0919. The summed E-state index contributed by atoms with van der Waals surface area (Å²) in [5.74, 6) is 1.34. The lowest BCUT2D eigenvalue weighted by Gasteiger charge is -2.33. The Morgan fingerprint density at radius 2 is 1.93 bits per heavy atom. The number of carbonyl (C=O) groups excluding carboxylic acids is 1. The molecule has 1 amide bonds. The second-order valence-electron chi connectivity index (χ2n) is 8.33. The summed E-state index contributed by atoms with van der Waals surface area (Å²) >= 11 is 0. The first-order valence-electron chi connectivity index (χ1n) is 10.6. The number of nitrogens with zero attached hydrogens (tertiary/aromatic N) is 3. The quantitative estimate of drug-likeness (QED) is 0.549. The van der Waals surface area contributed by atoms with Gasteiger partial charge in [0.15, 0.2) is 5.82 Å². The van der Waals surface area contributed by atoms with Crippen molar-refractivity contribution in [3.63, 3.8) is 0 Å². The molecule has 3 N–H and O–H groups in total. The van der Waals surface area contributed by atoms with Crippen LogP contribution in [0, 0.1) is 5.41 Å². The van der Waals surface area contributed by atoms with Gasteiger partial charge in [0.05, 0.1) is 6.54 Å². The molecule has 0 unspecified atom stereocenters. The maximum absolute atomic E-state index is 12.6. The number of anilines is 1. The topological polar surface area (TPSA) is 95.6 Å². The zero-order valence-corrected chi connectivity index (χ0v) is 17.3. The van der Waals surface area contributed by atoms with Gasteiger partial charge in [-0.15, -0.1) is 0 Å². The van der Waals surface area contributed by atoms with Crippen LogP contribution < -0.4 is 10.6 Å². The molecule has 0 aliphatic heterocycles. The van der Waals surface area contributed by atoms with Gasteiger partial charge in [0.1, 0.15) is 5.82 Å². The van der Waals surface area contributed by atoms with Gasteiger partial charge in [0.2, 0.25) is 0 Å². The van der Waals surface area contributed by atoms with Gasteiger partial charge in [-0.2, -0.15) is 5.10 Å². The number of carbonyl (C=O) groups is 1. The number of aromatic nitrogens is 4. The molecule has 156 valence electrons. The number of amides is 1. The molecular formula is C23H28N6O. The second-order valence-corrected chi connectivity index (χ2v) is 8.33. The average molecular weight is 405 g/mol. The maximum atomic E-state index is 12.6. The third kappa shape index (κ3) is 5.03. The molecule has 0 bridgehead atoms. The molecule has 1 saturated carbocycles. The van der Waals surface area contributed by atoms with E-state index >= 15 is 0 Å². The predicted octanol–water partition coefficient (Wildman–Crippen LogP) is 4.18. The van der Waals surface area contributed by atoms with E-state index in [2.05, 4.69) is 37.7 Å². The second kappa shape index (κ2) is 9.07. The molecule has 3 aromatic rings. The van der Waals surface area contributed by atoms with E-state index in [0.717, 1.165) is 23.6 Å². The molecule has 1 fully saturated rings. The lowest BCUT2D eigenvalue weighted by atomic mass is 9.76. The molecule has 1 aliphatic carbocycles.